The zero-order chi connectivity index (χ0) is 53.0. The Morgan fingerprint density at radius 2 is 1.24 bits per heavy atom. The van der Waals surface area contributed by atoms with Gasteiger partial charge in [0.25, 0.3) is 0 Å². The standard InChI is InChI=1S/C50H50O24/c51-19-35-40(61)42(63)44(65)48(71-35)69-33-17-27(54)16-32-28(33)18-34(45(68-32)24-6-10-26(53)11-7-24)70-50-47(43(64)41(62)36(72-50)21-66-37(58)13-4-22-1-8-25(52)9-2-22)74-49-46(39(60)31(57)20-67-49)73-38(59)14-5-23-3-12-29(55)30(56)15-23/h1-18,31,35-36,39-44,46-53,55-57,60-65H,19-21H2/t31-,35-,36-,39+,40-,41-,42+,43+,44-,46-,47-,48-,49+,50-/m1/s1. The fourth-order valence-electron chi connectivity index (χ4n) is 7.97. The fourth-order valence-corrected chi connectivity index (χ4v) is 7.97. The van der Waals surface area contributed by atoms with Gasteiger partial charge in [-0.25, -0.2) is 9.59 Å². The average Bonchev–Trinajstić information content (AvgIpc) is 3.38. The number of carbonyl (C=O) groups is 2. The highest BCUT2D eigenvalue weighted by molar-refractivity contribution is 5.88. The van der Waals surface area contributed by atoms with Crippen LogP contribution in [0.2, 0.25) is 0 Å². The molecule has 3 saturated heterocycles. The van der Waals surface area contributed by atoms with Crippen molar-refractivity contribution >= 4 is 24.1 Å². The topological polar surface area (TPSA) is 381 Å². The van der Waals surface area contributed by atoms with Crippen LogP contribution >= 0.6 is 0 Å². The first kappa shape index (κ1) is 53.1. The summed E-state index contributed by atoms with van der Waals surface area (Å²) in [5, 5.41) is 126. The second-order valence-corrected chi connectivity index (χ2v) is 17.2. The second kappa shape index (κ2) is 22.9. The third kappa shape index (κ3) is 12.1. The van der Waals surface area contributed by atoms with Crippen LogP contribution in [0.25, 0.3) is 34.8 Å². The molecule has 14 atom stereocenters. The van der Waals surface area contributed by atoms with Crippen LogP contribution in [0.4, 0.5) is 0 Å². The van der Waals surface area contributed by atoms with Gasteiger partial charge in [0.15, 0.2) is 46.9 Å². The quantitative estimate of drug-likeness (QED) is 0.0360. The zero-order valence-corrected chi connectivity index (χ0v) is 38.4. The number of aliphatic hydroxyl groups excluding tert-OH is 8. The summed E-state index contributed by atoms with van der Waals surface area (Å²) in [6.45, 7) is -2.17. The van der Waals surface area contributed by atoms with Crippen molar-refractivity contribution in [3.63, 3.8) is 0 Å². The predicted molar refractivity (Wildman–Crippen MR) is 248 cm³/mol. The number of carbonyl (C=O) groups excluding carboxylic acids is 2. The number of esters is 2. The molecular formula is C50H50O24. The van der Waals surface area contributed by atoms with E-state index in [9.17, 15) is 75.7 Å². The van der Waals surface area contributed by atoms with Gasteiger partial charge in [-0.1, -0.05) is 18.2 Å². The number of hydrogen-bond donors (Lipinski definition) is 12. The third-order valence-electron chi connectivity index (χ3n) is 12.0. The lowest BCUT2D eigenvalue weighted by Crippen LogP contribution is -2.64. The first-order valence-corrected chi connectivity index (χ1v) is 22.6. The van der Waals surface area contributed by atoms with E-state index in [1.54, 1.807) is 0 Å². The molecule has 0 spiro atoms. The minimum absolute atomic E-state index is 0.0150. The molecule has 0 radical (unpaired) electrons. The Morgan fingerprint density at radius 1 is 0.608 bits per heavy atom. The molecule has 0 bridgehead atoms. The number of rotatable bonds is 15. The largest absolute Gasteiger partial charge is 0.508 e. The minimum atomic E-state index is -2.08. The monoisotopic (exact) mass is 1030 g/mol. The summed E-state index contributed by atoms with van der Waals surface area (Å²) in [5.74, 6) is -4.24. The van der Waals surface area contributed by atoms with Gasteiger partial charge in [-0.3, -0.25) is 4.79 Å². The summed E-state index contributed by atoms with van der Waals surface area (Å²) in [4.78, 5) is 39.2. The van der Waals surface area contributed by atoms with Crippen LogP contribution in [-0.4, -0.2) is 179 Å². The normalized spacial score (nSPS) is 29.3. The highest BCUT2D eigenvalue weighted by Gasteiger charge is 2.52. The van der Waals surface area contributed by atoms with Gasteiger partial charge in [0.2, 0.25) is 12.6 Å². The number of fused-ring (bicyclic) bond motifs is 1. The van der Waals surface area contributed by atoms with Crippen LogP contribution in [-0.2, 0) is 38.0 Å². The Bertz CT molecular complexity index is 2830. The molecule has 0 aromatic heterocycles. The Hall–Kier alpha value is -7.17. The van der Waals surface area contributed by atoms with Gasteiger partial charge in [0.05, 0.1) is 18.8 Å². The van der Waals surface area contributed by atoms with Gasteiger partial charge >= 0.3 is 11.9 Å². The lowest BCUT2D eigenvalue weighted by molar-refractivity contribution is -0.345. The summed E-state index contributed by atoms with van der Waals surface area (Å²) in [7, 11) is 0. The number of benzene rings is 4. The fraction of sp³-hybridized carbons (Fsp3) is 0.340. The molecule has 0 saturated carbocycles. The Kier molecular flexibility index (Phi) is 16.5. The van der Waals surface area contributed by atoms with E-state index >= 15 is 0 Å². The van der Waals surface area contributed by atoms with E-state index in [1.807, 2.05) is 0 Å². The first-order valence-electron chi connectivity index (χ1n) is 22.6. The van der Waals surface area contributed by atoms with Crippen molar-refractivity contribution in [3.05, 3.63) is 118 Å². The van der Waals surface area contributed by atoms with Crippen molar-refractivity contribution in [2.75, 3.05) is 19.8 Å². The Balaban J connectivity index is 1.15. The molecule has 1 aliphatic carbocycles. The SMILES string of the molecule is O=C(C=Cc1ccc(O)cc1)OC[C@H]1O[C@@H](Oc2cc3c(O[C@@H]4O[C@H](CO)[C@@H](O)[C@H](O)[C@H]4O)cc(=O)cc-3oc2-c2ccc(O)cc2)[C@H](O[C@@H]2OC[C@@H](O)[C@H](O)[C@H]2OC(=O)C=Cc2ccc(O)c(O)c2)[C@@H](O)[C@@H]1O. The molecule has 3 fully saturated rings. The Morgan fingerprint density at radius 3 is 1.95 bits per heavy atom. The summed E-state index contributed by atoms with van der Waals surface area (Å²) in [6, 6.07) is 18.1. The number of hydrogen-bond acceptors (Lipinski definition) is 24. The molecule has 394 valence electrons. The lowest BCUT2D eigenvalue weighted by Gasteiger charge is -2.45. The van der Waals surface area contributed by atoms with Crippen molar-refractivity contribution in [3.8, 4) is 57.1 Å². The molecule has 4 aliphatic heterocycles. The second-order valence-electron chi connectivity index (χ2n) is 17.2. The van der Waals surface area contributed by atoms with Crippen LogP contribution in [0.15, 0.2) is 106 Å². The molecule has 3 aromatic rings. The maximum Gasteiger partial charge on any atom is 0.331 e. The van der Waals surface area contributed by atoms with Crippen LogP contribution < -0.4 is 14.9 Å². The van der Waals surface area contributed by atoms with E-state index < -0.39 is 135 Å². The highest BCUT2D eigenvalue weighted by atomic mass is 16.8. The summed E-state index contributed by atoms with van der Waals surface area (Å²) in [5.41, 5.74) is 0.143. The van der Waals surface area contributed by atoms with E-state index in [-0.39, 0.29) is 51.2 Å². The van der Waals surface area contributed by atoms with Crippen LogP contribution in [0, 0.1) is 0 Å². The van der Waals surface area contributed by atoms with Crippen molar-refractivity contribution in [1.82, 2.24) is 0 Å². The summed E-state index contributed by atoms with van der Waals surface area (Å²) in [6.07, 6.45) is -21.2. The smallest absolute Gasteiger partial charge is 0.331 e. The molecule has 0 amide bonds. The van der Waals surface area contributed by atoms with Gasteiger partial charge in [-0.15, -0.1) is 0 Å². The van der Waals surface area contributed by atoms with E-state index in [2.05, 4.69) is 0 Å². The molecule has 12 N–H and O–H groups in total. The maximum absolute atomic E-state index is 13.2. The zero-order valence-electron chi connectivity index (χ0n) is 38.4. The Labute approximate surface area is 417 Å². The van der Waals surface area contributed by atoms with Crippen molar-refractivity contribution in [2.45, 2.75) is 86.0 Å². The van der Waals surface area contributed by atoms with Crippen LogP contribution in [0.3, 0.4) is 0 Å². The number of ether oxygens (including phenoxy) is 8. The van der Waals surface area contributed by atoms with Gasteiger partial charge in [-0.2, -0.15) is 0 Å². The average molecular weight is 1030 g/mol. The summed E-state index contributed by atoms with van der Waals surface area (Å²) < 4.78 is 52.9. The van der Waals surface area contributed by atoms with Crippen molar-refractivity contribution < 1.29 is 113 Å². The molecule has 24 heteroatoms. The predicted octanol–water partition coefficient (Wildman–Crippen LogP) is -0.417. The number of aromatic hydroxyl groups is 4. The molecule has 0 unspecified atom stereocenters. The molecule has 3 aromatic carbocycles. The summed E-state index contributed by atoms with van der Waals surface area (Å²) >= 11 is 0. The molecule has 4 heterocycles. The van der Waals surface area contributed by atoms with Gasteiger partial charge in [-0.05, 0) is 77.9 Å². The van der Waals surface area contributed by atoms with Crippen molar-refractivity contribution in [2.24, 2.45) is 0 Å². The highest BCUT2D eigenvalue weighted by Crippen LogP contribution is 2.43. The van der Waals surface area contributed by atoms with E-state index in [4.69, 9.17) is 42.3 Å². The van der Waals surface area contributed by atoms with Gasteiger partial charge in [0, 0.05) is 29.8 Å². The molecule has 24 nitrogen and oxygen atoms in total. The van der Waals surface area contributed by atoms with E-state index in [1.165, 1.54) is 72.8 Å². The van der Waals surface area contributed by atoms with Gasteiger partial charge < -0.3 is 104 Å². The van der Waals surface area contributed by atoms with Gasteiger partial charge in [0.1, 0.15) is 84.6 Å². The number of phenols is 4. The maximum atomic E-state index is 13.2. The molecule has 5 aliphatic rings. The van der Waals surface area contributed by atoms with E-state index in [0.29, 0.717) is 5.56 Å². The van der Waals surface area contributed by atoms with E-state index in [0.717, 1.165) is 36.4 Å². The van der Waals surface area contributed by atoms with Crippen LogP contribution in [0.1, 0.15) is 11.1 Å². The van der Waals surface area contributed by atoms with Crippen molar-refractivity contribution in [1.29, 1.82) is 0 Å². The van der Waals surface area contributed by atoms with Crippen LogP contribution in [0.5, 0.6) is 34.5 Å². The minimum Gasteiger partial charge on any atom is -0.508 e. The molecule has 74 heavy (non-hydrogen) atoms. The first-order chi connectivity index (χ1) is 35.4. The third-order valence-corrected chi connectivity index (χ3v) is 12.0. The lowest BCUT2D eigenvalue weighted by atomic mass is 9.98. The number of aliphatic hydroxyl groups is 8. The number of phenolic OH excluding ortho intramolecular Hbond substituents is 4. The molecular weight excluding hydrogens is 985 g/mol. The molecule has 8 rings (SSSR count).